The zero-order chi connectivity index (χ0) is 13.8. The lowest BCUT2D eigenvalue weighted by Crippen LogP contribution is -2.27. The fourth-order valence-electron chi connectivity index (χ4n) is 1.40. The van der Waals surface area contributed by atoms with Gasteiger partial charge in [-0.15, -0.1) is 0 Å². The topological polar surface area (TPSA) is 58.2 Å². The van der Waals surface area contributed by atoms with E-state index in [1.807, 2.05) is 13.8 Å². The molecular weight excluding hydrogens is 255 g/mol. The molecule has 0 saturated heterocycles. The fourth-order valence-corrected chi connectivity index (χ4v) is 2.67. The maximum Gasteiger partial charge on any atom is 0.240 e. The molecule has 0 aliphatic carbocycles. The maximum atomic E-state index is 13.4. The predicted octanol–water partition coefficient (Wildman–Crippen LogP) is 1.48. The quantitative estimate of drug-likeness (QED) is 0.826. The summed E-state index contributed by atoms with van der Waals surface area (Å²) in [5.41, 5.74) is 0.338. The summed E-state index contributed by atoms with van der Waals surface area (Å²) in [7, 11) is -1.88. The summed E-state index contributed by atoms with van der Waals surface area (Å²) in [4.78, 5) is 0.0924. The normalized spacial score (nSPS) is 12.1. The van der Waals surface area contributed by atoms with Crippen LogP contribution in [0.4, 0.5) is 4.39 Å². The molecule has 6 heteroatoms. The molecule has 0 unspecified atom stereocenters. The summed E-state index contributed by atoms with van der Waals surface area (Å²) in [6.45, 7) is 4.49. The van der Waals surface area contributed by atoms with Crippen molar-refractivity contribution in [2.24, 2.45) is 5.92 Å². The lowest BCUT2D eigenvalue weighted by atomic mass is 10.2. The van der Waals surface area contributed by atoms with Crippen molar-refractivity contribution in [1.82, 2.24) is 10.0 Å². The largest absolute Gasteiger partial charge is 0.316 e. The van der Waals surface area contributed by atoms with Crippen molar-refractivity contribution < 1.29 is 12.8 Å². The lowest BCUT2D eigenvalue weighted by Gasteiger charge is -2.10. The van der Waals surface area contributed by atoms with Gasteiger partial charge in [0.15, 0.2) is 0 Å². The van der Waals surface area contributed by atoms with Crippen LogP contribution in [0.3, 0.4) is 0 Å². The highest BCUT2D eigenvalue weighted by Gasteiger charge is 2.16. The first kappa shape index (κ1) is 15.1. The van der Waals surface area contributed by atoms with E-state index in [2.05, 4.69) is 10.0 Å². The first-order chi connectivity index (χ1) is 8.36. The molecule has 102 valence electrons. The van der Waals surface area contributed by atoms with E-state index in [0.29, 0.717) is 18.7 Å². The molecule has 4 nitrogen and oxygen atoms in total. The second-order valence-electron chi connectivity index (χ2n) is 4.53. The van der Waals surface area contributed by atoms with Crippen LogP contribution >= 0.6 is 0 Å². The van der Waals surface area contributed by atoms with Gasteiger partial charge in [0.25, 0.3) is 0 Å². The number of hydrogen-bond acceptors (Lipinski definition) is 3. The Morgan fingerprint density at radius 3 is 2.56 bits per heavy atom. The summed E-state index contributed by atoms with van der Waals surface area (Å²) < 4.78 is 39.8. The van der Waals surface area contributed by atoms with Crippen molar-refractivity contribution in [1.29, 1.82) is 0 Å². The highest BCUT2D eigenvalue weighted by Crippen LogP contribution is 2.15. The molecule has 0 saturated carbocycles. The zero-order valence-electron chi connectivity index (χ0n) is 10.8. The summed E-state index contributed by atoms with van der Waals surface area (Å²) in [5, 5.41) is 2.80. The monoisotopic (exact) mass is 274 g/mol. The Kier molecular flexibility index (Phi) is 5.25. The molecule has 0 aromatic heterocycles. The van der Waals surface area contributed by atoms with E-state index in [4.69, 9.17) is 0 Å². The van der Waals surface area contributed by atoms with Gasteiger partial charge < -0.3 is 5.32 Å². The van der Waals surface area contributed by atoms with Gasteiger partial charge in [0.05, 0.1) is 4.90 Å². The molecule has 2 N–H and O–H groups in total. The number of hydrogen-bond donors (Lipinski definition) is 2. The van der Waals surface area contributed by atoms with Crippen LogP contribution in [0.15, 0.2) is 23.1 Å². The van der Waals surface area contributed by atoms with Crippen LogP contribution in [0.5, 0.6) is 0 Å². The molecule has 18 heavy (non-hydrogen) atoms. The molecule has 0 spiro atoms. The van der Waals surface area contributed by atoms with Crippen LogP contribution in [0, 0.1) is 11.7 Å². The number of sulfonamides is 1. The predicted molar refractivity (Wildman–Crippen MR) is 69.2 cm³/mol. The molecule has 1 aromatic rings. The van der Waals surface area contributed by atoms with Crippen molar-refractivity contribution in [3.05, 3.63) is 29.6 Å². The van der Waals surface area contributed by atoms with Crippen molar-refractivity contribution in [2.75, 3.05) is 13.6 Å². The zero-order valence-corrected chi connectivity index (χ0v) is 11.6. The molecule has 0 radical (unpaired) electrons. The van der Waals surface area contributed by atoms with Gasteiger partial charge in [-0.25, -0.2) is 17.5 Å². The molecule has 0 fully saturated rings. The van der Waals surface area contributed by atoms with Gasteiger partial charge in [-0.2, -0.15) is 0 Å². The number of benzene rings is 1. The Morgan fingerprint density at radius 2 is 2.00 bits per heavy atom. The summed E-state index contributed by atoms with van der Waals surface area (Å²) in [6, 6.07) is 3.81. The van der Waals surface area contributed by atoms with Crippen LogP contribution in [0.25, 0.3) is 0 Å². The van der Waals surface area contributed by atoms with Gasteiger partial charge in [0.2, 0.25) is 10.0 Å². The van der Waals surface area contributed by atoms with Crippen LogP contribution in [-0.2, 0) is 16.6 Å². The minimum absolute atomic E-state index is 0.0924. The Morgan fingerprint density at radius 1 is 1.33 bits per heavy atom. The van der Waals surface area contributed by atoms with Gasteiger partial charge in [-0.1, -0.05) is 13.8 Å². The fraction of sp³-hybridized carbons (Fsp3) is 0.500. The number of rotatable bonds is 6. The number of nitrogens with one attached hydrogen (secondary N) is 2. The Balaban J connectivity index is 2.98. The summed E-state index contributed by atoms with van der Waals surface area (Å²) >= 11 is 0. The van der Waals surface area contributed by atoms with Crippen LogP contribution in [0.1, 0.15) is 19.4 Å². The molecule has 0 aliphatic rings. The third kappa shape index (κ3) is 4.04. The van der Waals surface area contributed by atoms with Crippen molar-refractivity contribution in [3.63, 3.8) is 0 Å². The van der Waals surface area contributed by atoms with Crippen molar-refractivity contribution in [3.8, 4) is 0 Å². The lowest BCUT2D eigenvalue weighted by molar-refractivity contribution is 0.558. The van der Waals surface area contributed by atoms with E-state index in [1.165, 1.54) is 18.2 Å². The van der Waals surface area contributed by atoms with Crippen LogP contribution < -0.4 is 10.0 Å². The van der Waals surface area contributed by atoms with Gasteiger partial charge in [-0.05, 0) is 31.2 Å². The van der Waals surface area contributed by atoms with E-state index in [9.17, 15) is 12.8 Å². The van der Waals surface area contributed by atoms with Gasteiger partial charge >= 0.3 is 0 Å². The second kappa shape index (κ2) is 6.26. The third-order valence-corrected chi connectivity index (χ3v) is 3.80. The van der Waals surface area contributed by atoms with Gasteiger partial charge in [0.1, 0.15) is 5.82 Å². The molecule has 1 aromatic carbocycles. The van der Waals surface area contributed by atoms with E-state index in [1.54, 1.807) is 7.05 Å². The molecule has 0 heterocycles. The third-order valence-electron chi connectivity index (χ3n) is 2.38. The highest BCUT2D eigenvalue weighted by atomic mass is 32.2. The number of halogens is 1. The van der Waals surface area contributed by atoms with Gasteiger partial charge in [-0.3, -0.25) is 0 Å². The molecule has 0 aliphatic heterocycles. The smallest absolute Gasteiger partial charge is 0.240 e. The average molecular weight is 274 g/mol. The SMILES string of the molecule is CNCc1cc(S(=O)(=O)NCC(C)C)ccc1F. The molecule has 0 amide bonds. The van der Waals surface area contributed by atoms with Crippen LogP contribution in [0.2, 0.25) is 0 Å². The minimum atomic E-state index is -3.56. The van der Waals surface area contributed by atoms with E-state index >= 15 is 0 Å². The average Bonchev–Trinajstić information content (AvgIpc) is 2.29. The highest BCUT2D eigenvalue weighted by molar-refractivity contribution is 7.89. The van der Waals surface area contributed by atoms with E-state index < -0.39 is 15.8 Å². The Bertz CT molecular complexity index is 501. The van der Waals surface area contributed by atoms with Crippen LogP contribution in [-0.4, -0.2) is 22.0 Å². The Hall–Kier alpha value is -0.980. The second-order valence-corrected chi connectivity index (χ2v) is 6.30. The molecule has 0 atom stereocenters. The standard InChI is InChI=1S/C12H19FN2O2S/c1-9(2)7-15-18(16,17)11-4-5-12(13)10(6-11)8-14-3/h4-6,9,14-15H,7-8H2,1-3H3. The van der Waals surface area contributed by atoms with E-state index in [-0.39, 0.29) is 10.8 Å². The first-order valence-electron chi connectivity index (χ1n) is 5.79. The molecule has 0 bridgehead atoms. The first-order valence-corrected chi connectivity index (χ1v) is 7.28. The summed E-state index contributed by atoms with van der Waals surface area (Å²) in [6.07, 6.45) is 0. The van der Waals surface area contributed by atoms with E-state index in [0.717, 1.165) is 0 Å². The minimum Gasteiger partial charge on any atom is -0.316 e. The van der Waals surface area contributed by atoms with Gasteiger partial charge in [0, 0.05) is 18.7 Å². The van der Waals surface area contributed by atoms with Crippen molar-refractivity contribution >= 4 is 10.0 Å². The molecule has 1 rings (SSSR count). The Labute approximate surface area is 108 Å². The summed E-state index contributed by atoms with van der Waals surface area (Å²) in [5.74, 6) is -0.191. The molecular formula is C12H19FN2O2S. The van der Waals surface area contributed by atoms with Crippen molar-refractivity contribution in [2.45, 2.75) is 25.3 Å². The maximum absolute atomic E-state index is 13.4.